The number of halogens is 4. The Hall–Kier alpha value is -2.11. The van der Waals surface area contributed by atoms with Gasteiger partial charge < -0.3 is 9.84 Å². The number of nitrogens with zero attached hydrogens (tertiary/aromatic N) is 4. The number of aromatic hydroxyl groups is 1. The van der Waals surface area contributed by atoms with Crippen LogP contribution in [0.1, 0.15) is 18.4 Å². The zero-order valence-corrected chi connectivity index (χ0v) is 24.2. The average molecular weight is 681 g/mol. The molecular weight excluding hydrogens is 663 g/mol. The molecule has 0 saturated carbocycles. The van der Waals surface area contributed by atoms with Crippen LogP contribution in [-0.2, 0) is 22.6 Å². The van der Waals surface area contributed by atoms with Crippen LogP contribution < -0.4 is 9.67 Å². The molecule has 8 nitrogen and oxygen atoms in total. The first-order chi connectivity index (χ1) is 17.1. The van der Waals surface area contributed by atoms with Gasteiger partial charge in [-0.25, -0.2) is 14.1 Å². The summed E-state index contributed by atoms with van der Waals surface area (Å²) < 4.78 is 23.3. The number of phenolic OH excluding ortho intramolecular Hbond substituents is 1. The van der Waals surface area contributed by atoms with E-state index in [0.717, 1.165) is 42.0 Å². The number of ether oxygens (including phenoxy) is 1. The van der Waals surface area contributed by atoms with Crippen molar-refractivity contribution in [3.05, 3.63) is 64.1 Å². The maximum absolute atomic E-state index is 14.3. The van der Waals surface area contributed by atoms with Crippen LogP contribution >= 0.6 is 66.6 Å². The molecule has 1 aromatic heterocycles. The number of phenols is 1. The van der Waals surface area contributed by atoms with Crippen LogP contribution in [0.3, 0.4) is 0 Å². The number of fused-ring (bicyclic) bond motifs is 1. The SMILES string of the molecule is COC(=O)CSc1cc(/N=c2\sc(=O)n3n2CCCC3)c(F)cc1Cl.N#Cc1cc(Br)c(O)c(Br)c1. The van der Waals surface area contributed by atoms with Gasteiger partial charge in [-0.15, -0.1) is 11.8 Å². The van der Waals surface area contributed by atoms with Crippen molar-refractivity contribution < 1.29 is 19.0 Å². The Balaban J connectivity index is 0.000000275. The summed E-state index contributed by atoms with van der Waals surface area (Å²) in [5.74, 6) is -0.808. The van der Waals surface area contributed by atoms with E-state index in [1.165, 1.54) is 13.2 Å². The molecule has 36 heavy (non-hydrogen) atoms. The van der Waals surface area contributed by atoms with Crippen LogP contribution in [0.5, 0.6) is 5.75 Å². The van der Waals surface area contributed by atoms with E-state index < -0.39 is 11.8 Å². The van der Waals surface area contributed by atoms with Gasteiger partial charge in [-0.3, -0.25) is 14.3 Å². The van der Waals surface area contributed by atoms with Gasteiger partial charge in [0.25, 0.3) is 0 Å². The number of nitriles is 1. The normalized spacial score (nSPS) is 12.8. The van der Waals surface area contributed by atoms with E-state index in [9.17, 15) is 19.1 Å². The summed E-state index contributed by atoms with van der Waals surface area (Å²) in [5.41, 5.74) is 0.584. The highest BCUT2D eigenvalue weighted by Crippen LogP contribution is 2.34. The third-order valence-electron chi connectivity index (χ3n) is 4.83. The van der Waals surface area contributed by atoms with Gasteiger partial charge in [-0.05, 0) is 80.3 Å². The number of benzene rings is 2. The van der Waals surface area contributed by atoms with Crippen molar-refractivity contribution in [1.82, 2.24) is 9.36 Å². The van der Waals surface area contributed by atoms with Crippen molar-refractivity contribution in [3.63, 3.8) is 0 Å². The van der Waals surface area contributed by atoms with Crippen molar-refractivity contribution in [2.24, 2.45) is 4.99 Å². The van der Waals surface area contributed by atoms with E-state index in [1.807, 2.05) is 6.07 Å². The maximum atomic E-state index is 14.3. The molecule has 0 amide bonds. The Kier molecular flexibility index (Phi) is 10.2. The molecule has 14 heteroatoms. The molecule has 0 bridgehead atoms. The highest BCUT2D eigenvalue weighted by molar-refractivity contribution is 9.11. The second-order valence-electron chi connectivity index (χ2n) is 7.21. The predicted molar refractivity (Wildman–Crippen MR) is 143 cm³/mol. The fourth-order valence-electron chi connectivity index (χ4n) is 3.06. The van der Waals surface area contributed by atoms with Crippen molar-refractivity contribution >= 4 is 78.2 Å². The fraction of sp³-hybridized carbons (Fsp3) is 0.273. The van der Waals surface area contributed by atoms with Crippen LogP contribution in [0.15, 0.2) is 47.9 Å². The Morgan fingerprint density at radius 1 is 1.28 bits per heavy atom. The molecule has 2 heterocycles. The number of aromatic nitrogens is 2. The Labute approximate surface area is 235 Å². The maximum Gasteiger partial charge on any atom is 0.325 e. The summed E-state index contributed by atoms with van der Waals surface area (Å²) in [7, 11) is 1.30. The van der Waals surface area contributed by atoms with E-state index >= 15 is 0 Å². The largest absolute Gasteiger partial charge is 0.506 e. The number of esters is 1. The minimum Gasteiger partial charge on any atom is -0.506 e. The van der Waals surface area contributed by atoms with E-state index in [-0.39, 0.29) is 27.1 Å². The molecule has 0 aliphatic carbocycles. The van der Waals surface area contributed by atoms with Crippen molar-refractivity contribution in [2.45, 2.75) is 30.8 Å². The van der Waals surface area contributed by atoms with Crippen molar-refractivity contribution in [1.29, 1.82) is 5.26 Å². The summed E-state index contributed by atoms with van der Waals surface area (Å²) >= 11 is 14.4. The Morgan fingerprint density at radius 3 is 2.53 bits per heavy atom. The summed E-state index contributed by atoms with van der Waals surface area (Å²) in [6.07, 6.45) is 1.90. The lowest BCUT2D eigenvalue weighted by atomic mass is 10.2. The molecule has 1 N–H and O–H groups in total. The van der Waals surface area contributed by atoms with Crippen molar-refractivity contribution in [2.75, 3.05) is 12.9 Å². The second-order valence-corrected chi connectivity index (χ2v) is 11.3. The van der Waals surface area contributed by atoms with E-state index in [0.29, 0.717) is 37.3 Å². The van der Waals surface area contributed by atoms with Crippen molar-refractivity contribution in [3.8, 4) is 11.8 Å². The number of carbonyl (C=O) groups is 1. The van der Waals surface area contributed by atoms with E-state index in [2.05, 4.69) is 41.6 Å². The minimum absolute atomic E-state index is 0.0605. The number of rotatable bonds is 4. The zero-order valence-electron chi connectivity index (χ0n) is 18.6. The number of hydrogen-bond donors (Lipinski definition) is 1. The van der Waals surface area contributed by atoms with Gasteiger partial charge in [0.05, 0.1) is 38.5 Å². The topological polar surface area (TPSA) is 110 Å². The Morgan fingerprint density at radius 2 is 1.92 bits per heavy atom. The number of carbonyl (C=O) groups excluding carboxylic acids is 1. The molecule has 4 rings (SSSR count). The van der Waals surface area contributed by atoms with E-state index in [1.54, 1.807) is 21.5 Å². The highest BCUT2D eigenvalue weighted by atomic mass is 79.9. The van der Waals surface area contributed by atoms with Gasteiger partial charge in [-0.1, -0.05) is 11.6 Å². The molecular formula is C22H18Br2ClFN4O4S2. The lowest BCUT2D eigenvalue weighted by Gasteiger charge is -2.15. The van der Waals surface area contributed by atoms with Crippen LogP contribution in [0.25, 0.3) is 0 Å². The third kappa shape index (κ3) is 7.01. The molecule has 190 valence electrons. The average Bonchev–Trinajstić information content (AvgIpc) is 3.18. The van der Waals surface area contributed by atoms with Crippen LogP contribution in [-0.4, -0.2) is 33.3 Å². The van der Waals surface area contributed by atoms with Gasteiger partial charge in [0, 0.05) is 18.0 Å². The third-order valence-corrected chi connectivity index (χ3v) is 8.36. The quantitative estimate of drug-likeness (QED) is 0.285. The molecule has 0 unspecified atom stereocenters. The van der Waals surface area contributed by atoms with Crippen LogP contribution in [0.4, 0.5) is 10.1 Å². The molecule has 1 aliphatic heterocycles. The first kappa shape index (κ1) is 28.5. The molecule has 0 radical (unpaired) electrons. The Bertz CT molecular complexity index is 1440. The number of thioether (sulfide) groups is 1. The van der Waals surface area contributed by atoms with Gasteiger partial charge in [0.1, 0.15) is 17.3 Å². The lowest BCUT2D eigenvalue weighted by Crippen LogP contribution is -2.31. The number of hydrogen-bond acceptors (Lipinski definition) is 8. The van der Waals surface area contributed by atoms with Crippen LogP contribution in [0.2, 0.25) is 5.02 Å². The van der Waals surface area contributed by atoms with Gasteiger partial charge in [-0.2, -0.15) is 5.26 Å². The molecule has 0 saturated heterocycles. The van der Waals surface area contributed by atoms with Gasteiger partial charge in [0.2, 0.25) is 4.80 Å². The second kappa shape index (κ2) is 12.9. The summed E-state index contributed by atoms with van der Waals surface area (Å²) in [4.78, 5) is 28.5. The number of methoxy groups -OCH3 is 1. The first-order valence-electron chi connectivity index (χ1n) is 10.3. The smallest absolute Gasteiger partial charge is 0.325 e. The molecule has 2 aromatic carbocycles. The summed E-state index contributed by atoms with van der Waals surface area (Å²) in [5, 5.41) is 17.9. The standard InChI is InChI=1S/C15H15ClFN3O3S2.C7H3Br2NO/c1-23-13(21)8-24-12-7-11(10(17)6-9(12)16)18-14-19-4-2-3-5-20(19)15(22)25-14;8-5-1-4(3-10)2-6(9)7(5)11/h6-7H,2-5,8H2,1H3;1-2,11H/b18-14-;. The zero-order chi connectivity index (χ0) is 26.4. The van der Waals surface area contributed by atoms with E-state index in [4.69, 9.17) is 16.9 Å². The molecule has 0 atom stereocenters. The summed E-state index contributed by atoms with van der Waals surface area (Å²) in [6.45, 7) is 1.32. The molecule has 3 aromatic rings. The monoisotopic (exact) mass is 678 g/mol. The predicted octanol–water partition coefficient (Wildman–Crippen LogP) is 5.58. The molecule has 0 spiro atoms. The van der Waals surface area contributed by atoms with Gasteiger partial charge >= 0.3 is 10.8 Å². The molecule has 0 fully saturated rings. The van der Waals surface area contributed by atoms with Gasteiger partial charge in [0.15, 0.2) is 0 Å². The lowest BCUT2D eigenvalue weighted by molar-refractivity contribution is -0.137. The van der Waals surface area contributed by atoms with Crippen LogP contribution in [0, 0.1) is 17.1 Å². The highest BCUT2D eigenvalue weighted by Gasteiger charge is 2.15. The first-order valence-corrected chi connectivity index (χ1v) is 14.0. The summed E-state index contributed by atoms with van der Waals surface area (Å²) in [6, 6.07) is 7.72. The minimum atomic E-state index is -0.580. The molecule has 1 aliphatic rings. The fourth-order valence-corrected chi connectivity index (χ4v) is 6.23.